The molecule has 1 aromatic heterocycles. The Balaban J connectivity index is 0.000000234. The van der Waals surface area contributed by atoms with Gasteiger partial charge in [0, 0.05) is 21.8 Å². The van der Waals surface area contributed by atoms with Crippen LogP contribution in [0, 0.1) is 6.92 Å². The highest BCUT2D eigenvalue weighted by Crippen LogP contribution is 2.42. The largest absolute Gasteiger partial charge is 0.364 e. The second-order valence-electron chi connectivity index (χ2n) is 11.3. The Hall–Kier alpha value is -3.62. The van der Waals surface area contributed by atoms with Gasteiger partial charge in [-0.25, -0.2) is 0 Å². The molecule has 5 rings (SSSR count). The Morgan fingerprint density at radius 2 is 1.46 bits per heavy atom. The first-order valence-electron chi connectivity index (χ1n) is 14.5. The summed E-state index contributed by atoms with van der Waals surface area (Å²) in [5.41, 5.74) is 11.9. The van der Waals surface area contributed by atoms with Crippen molar-refractivity contribution < 1.29 is 0 Å². The molecule has 0 atom stereocenters. The monoisotopic (exact) mass is 603 g/mol. The van der Waals surface area contributed by atoms with Crippen LogP contribution in [0.5, 0.6) is 0 Å². The molecule has 0 bridgehead atoms. The molecule has 1 aliphatic rings. The third-order valence-corrected chi connectivity index (χ3v) is 8.20. The minimum atomic E-state index is 0.0627. The van der Waals surface area contributed by atoms with Crippen molar-refractivity contribution in [2.45, 2.75) is 58.8 Å². The van der Waals surface area contributed by atoms with Crippen molar-refractivity contribution in [2.24, 2.45) is 0 Å². The highest BCUT2D eigenvalue weighted by Gasteiger charge is 2.35. The van der Waals surface area contributed by atoms with E-state index in [1.54, 1.807) is 0 Å². The Kier molecular flexibility index (Phi) is 10.6. The molecular formula is C39H42BrN. The van der Waals surface area contributed by atoms with Crippen molar-refractivity contribution in [3.63, 3.8) is 0 Å². The zero-order chi connectivity index (χ0) is 29.2. The summed E-state index contributed by atoms with van der Waals surface area (Å²) < 4.78 is 1.10. The smallest absolute Gasteiger partial charge is 0.0281 e. The molecule has 1 aliphatic carbocycles. The van der Waals surface area contributed by atoms with Crippen LogP contribution in [-0.2, 0) is 24.7 Å². The van der Waals surface area contributed by atoms with E-state index in [1.807, 2.05) is 6.20 Å². The summed E-state index contributed by atoms with van der Waals surface area (Å²) in [5.74, 6) is 0. The van der Waals surface area contributed by atoms with Gasteiger partial charge in [0.05, 0.1) is 0 Å². The van der Waals surface area contributed by atoms with Crippen molar-refractivity contribution in [2.75, 3.05) is 0 Å². The zero-order valence-electron chi connectivity index (χ0n) is 24.9. The van der Waals surface area contributed by atoms with Gasteiger partial charge in [0.1, 0.15) is 0 Å². The van der Waals surface area contributed by atoms with Crippen LogP contribution in [0.3, 0.4) is 0 Å². The van der Waals surface area contributed by atoms with Crippen molar-refractivity contribution in [3.8, 4) is 11.1 Å². The van der Waals surface area contributed by atoms with Gasteiger partial charge in [-0.1, -0.05) is 151 Å². The summed E-state index contributed by atoms with van der Waals surface area (Å²) in [6.07, 6.45) is 17.0. The van der Waals surface area contributed by atoms with Crippen molar-refractivity contribution in [3.05, 3.63) is 166 Å². The van der Waals surface area contributed by atoms with E-state index in [1.165, 1.54) is 50.2 Å². The number of benzene rings is 3. The van der Waals surface area contributed by atoms with Gasteiger partial charge in [-0.05, 0) is 78.6 Å². The van der Waals surface area contributed by atoms with E-state index in [0.717, 1.165) is 30.2 Å². The maximum Gasteiger partial charge on any atom is 0.0281 e. The molecule has 1 N–H and O–H groups in total. The molecule has 2 heteroatoms. The van der Waals surface area contributed by atoms with E-state index in [9.17, 15) is 0 Å². The molecule has 0 saturated heterocycles. The van der Waals surface area contributed by atoms with Crippen LogP contribution >= 0.6 is 15.9 Å². The van der Waals surface area contributed by atoms with Crippen molar-refractivity contribution in [1.82, 2.24) is 4.98 Å². The van der Waals surface area contributed by atoms with Crippen LogP contribution in [0.1, 0.15) is 55.1 Å². The Labute approximate surface area is 255 Å². The normalized spacial score (nSPS) is 14.8. The average molecular weight is 605 g/mol. The third kappa shape index (κ3) is 8.44. The van der Waals surface area contributed by atoms with Crippen LogP contribution in [0.4, 0.5) is 0 Å². The molecule has 4 aromatic rings. The molecule has 0 radical (unpaired) electrons. The highest BCUT2D eigenvalue weighted by atomic mass is 79.9. The Morgan fingerprint density at radius 3 is 2.10 bits per heavy atom. The lowest BCUT2D eigenvalue weighted by atomic mass is 9.84. The first kappa shape index (κ1) is 30.3. The van der Waals surface area contributed by atoms with Gasteiger partial charge < -0.3 is 4.98 Å². The lowest BCUT2D eigenvalue weighted by Gasteiger charge is -2.21. The first-order valence-corrected chi connectivity index (χ1v) is 15.3. The van der Waals surface area contributed by atoms with Gasteiger partial charge in [0.25, 0.3) is 0 Å². The number of hydrogen-bond acceptors (Lipinski definition) is 0. The van der Waals surface area contributed by atoms with Gasteiger partial charge in [-0.3, -0.25) is 0 Å². The molecule has 0 fully saturated rings. The number of allylic oxidation sites excluding steroid dienone is 7. The number of halogens is 1. The number of aryl methyl sites for hydroxylation is 1. The fraction of sp³-hybridized carbons (Fsp3) is 0.231. The fourth-order valence-electron chi connectivity index (χ4n) is 5.19. The van der Waals surface area contributed by atoms with Crippen molar-refractivity contribution in [1.29, 1.82) is 0 Å². The topological polar surface area (TPSA) is 15.8 Å². The van der Waals surface area contributed by atoms with E-state index < -0.39 is 0 Å². The number of fused-ring (bicyclic) bond motifs is 1. The number of H-pyrrole nitrogens is 1. The summed E-state index contributed by atoms with van der Waals surface area (Å²) in [7, 11) is 0. The van der Waals surface area contributed by atoms with Crippen LogP contribution in [0.15, 0.2) is 138 Å². The summed E-state index contributed by atoms with van der Waals surface area (Å²) in [5, 5.41) is 0. The Morgan fingerprint density at radius 1 is 0.854 bits per heavy atom. The average Bonchev–Trinajstić information content (AvgIpc) is 3.52. The second-order valence-corrected chi connectivity index (χ2v) is 12.3. The standard InChI is InChI=1S/C25H24BrN.C14H18/c1-17(15-22-16-21-12-13-27-24(21)25(22,2)3)14-18-4-6-19(7-5-18)20-8-10-23(26)11-9-20;1-3-4-5-6-7-8-14-11-9-13(2)10-12-14/h4-13,15,27H,1,14,16H2,2-3H3;4-7,9-12H,3,8H2,1-2H3/b22-15+;5-4-,7-6-. The molecule has 0 saturated carbocycles. The molecule has 0 amide bonds. The van der Waals surface area contributed by atoms with E-state index >= 15 is 0 Å². The summed E-state index contributed by atoms with van der Waals surface area (Å²) in [4.78, 5) is 3.41. The highest BCUT2D eigenvalue weighted by molar-refractivity contribution is 9.10. The maximum atomic E-state index is 4.32. The number of nitrogens with one attached hydrogen (secondary N) is 1. The molecule has 0 spiro atoms. The molecule has 0 aliphatic heterocycles. The number of hydrogen-bond donors (Lipinski definition) is 1. The molecule has 210 valence electrons. The van der Waals surface area contributed by atoms with Gasteiger partial charge in [0.15, 0.2) is 0 Å². The van der Waals surface area contributed by atoms with E-state index in [0.29, 0.717) is 0 Å². The Bertz CT molecular complexity index is 1510. The lowest BCUT2D eigenvalue weighted by molar-refractivity contribution is 0.624. The van der Waals surface area contributed by atoms with E-state index in [2.05, 4.69) is 164 Å². The minimum absolute atomic E-state index is 0.0627. The predicted octanol–water partition coefficient (Wildman–Crippen LogP) is 11.1. The maximum absolute atomic E-state index is 4.32. The second kappa shape index (κ2) is 14.3. The number of aromatic nitrogens is 1. The van der Waals surface area contributed by atoms with E-state index in [4.69, 9.17) is 0 Å². The van der Waals surface area contributed by atoms with Gasteiger partial charge >= 0.3 is 0 Å². The fourth-order valence-corrected chi connectivity index (χ4v) is 5.45. The van der Waals surface area contributed by atoms with Crippen LogP contribution < -0.4 is 0 Å². The molecular weight excluding hydrogens is 562 g/mol. The van der Waals surface area contributed by atoms with Crippen molar-refractivity contribution >= 4 is 15.9 Å². The van der Waals surface area contributed by atoms with Crippen LogP contribution in [0.2, 0.25) is 0 Å². The van der Waals surface area contributed by atoms with Gasteiger partial charge in [-0.15, -0.1) is 0 Å². The summed E-state index contributed by atoms with van der Waals surface area (Å²) in [6.45, 7) is 13.2. The third-order valence-electron chi connectivity index (χ3n) is 7.68. The lowest BCUT2D eigenvalue weighted by Crippen LogP contribution is -2.16. The number of aromatic amines is 1. The van der Waals surface area contributed by atoms with E-state index in [-0.39, 0.29) is 5.41 Å². The molecule has 41 heavy (non-hydrogen) atoms. The predicted molar refractivity (Wildman–Crippen MR) is 181 cm³/mol. The quantitative estimate of drug-likeness (QED) is 0.193. The summed E-state index contributed by atoms with van der Waals surface area (Å²) >= 11 is 3.49. The molecule has 1 heterocycles. The number of rotatable bonds is 8. The van der Waals surface area contributed by atoms with Gasteiger partial charge in [0.2, 0.25) is 0 Å². The SMILES string of the molecule is C=C(/C=C1\Cc2cc[nH]c2C1(C)C)Cc1ccc(-c2ccc(Br)cc2)cc1.CC/C=C\C=C/Cc1ccc(C)cc1. The van der Waals surface area contributed by atoms with Gasteiger partial charge in [-0.2, -0.15) is 0 Å². The zero-order valence-corrected chi connectivity index (χ0v) is 26.5. The molecule has 3 aromatic carbocycles. The minimum Gasteiger partial charge on any atom is -0.364 e. The molecule has 0 unspecified atom stereocenters. The van der Waals surface area contributed by atoms with Crippen LogP contribution in [0.25, 0.3) is 11.1 Å². The summed E-state index contributed by atoms with van der Waals surface area (Å²) in [6, 6.07) is 28.1. The van der Waals surface area contributed by atoms with Crippen LogP contribution in [-0.4, -0.2) is 4.98 Å². The first-order chi connectivity index (χ1) is 19.8. The molecule has 1 nitrogen and oxygen atoms in total.